The summed E-state index contributed by atoms with van der Waals surface area (Å²) in [6.45, 7) is 2.30. The van der Waals surface area contributed by atoms with Crippen molar-refractivity contribution in [3.8, 4) is 0 Å². The van der Waals surface area contributed by atoms with Crippen molar-refractivity contribution >= 4 is 23.3 Å². The molecule has 0 saturated heterocycles. The van der Waals surface area contributed by atoms with Crippen LogP contribution in [-0.2, 0) is 16.0 Å². The number of likely N-dealkylation sites (N-methyl/N-ethyl adjacent to an activating group) is 1. The number of carbonyl (C=O) groups excluding carboxylic acids is 2. The summed E-state index contributed by atoms with van der Waals surface area (Å²) in [7, 11) is 1.61. The molecule has 1 aromatic heterocycles. The Labute approximate surface area is 104 Å². The van der Waals surface area contributed by atoms with Gasteiger partial charge in [0.15, 0.2) is 11.5 Å². The first kappa shape index (κ1) is 12.3. The zero-order chi connectivity index (χ0) is 13.1. The van der Waals surface area contributed by atoms with Gasteiger partial charge in [-0.15, -0.1) is 0 Å². The molecule has 0 fully saturated rings. The first-order valence-corrected chi connectivity index (χ1v) is 5.66. The van der Waals surface area contributed by atoms with Crippen LogP contribution >= 0.6 is 0 Å². The zero-order valence-electron chi connectivity index (χ0n) is 10.3. The molecule has 2 rings (SSSR count). The van der Waals surface area contributed by atoms with Crippen molar-refractivity contribution in [2.75, 3.05) is 13.6 Å². The topological polar surface area (TPSA) is 63.4 Å². The number of oxazole rings is 1. The minimum Gasteiger partial charge on any atom is -0.441 e. The van der Waals surface area contributed by atoms with Gasteiger partial charge in [-0.3, -0.25) is 9.59 Å². The standard InChI is InChI=1S/C13H14N2O3/c1-9-14-11-4-3-10(7-12(11)18-9)5-6-15(2)13(17)8-16/h3-4,7-8H,5-6H2,1-2H3. The Morgan fingerprint density at radius 3 is 3.00 bits per heavy atom. The molecular weight excluding hydrogens is 232 g/mol. The number of aryl methyl sites for hydroxylation is 1. The van der Waals surface area contributed by atoms with E-state index in [9.17, 15) is 9.59 Å². The molecule has 0 aliphatic heterocycles. The second-order valence-corrected chi connectivity index (χ2v) is 4.16. The molecule has 0 bridgehead atoms. The van der Waals surface area contributed by atoms with Gasteiger partial charge in [-0.1, -0.05) is 6.07 Å². The number of carbonyl (C=O) groups is 2. The highest BCUT2D eigenvalue weighted by Crippen LogP contribution is 2.17. The third-order valence-corrected chi connectivity index (χ3v) is 2.77. The van der Waals surface area contributed by atoms with Crippen molar-refractivity contribution in [3.63, 3.8) is 0 Å². The maximum atomic E-state index is 11.1. The quantitative estimate of drug-likeness (QED) is 0.603. The van der Waals surface area contributed by atoms with Crippen molar-refractivity contribution in [3.05, 3.63) is 29.7 Å². The SMILES string of the molecule is Cc1nc2ccc(CCN(C)C(=O)C=O)cc2o1. The van der Waals surface area contributed by atoms with E-state index in [1.54, 1.807) is 14.0 Å². The number of hydrogen-bond acceptors (Lipinski definition) is 4. The van der Waals surface area contributed by atoms with E-state index in [1.807, 2.05) is 18.2 Å². The predicted octanol–water partition coefficient (Wildman–Crippen LogP) is 1.34. The van der Waals surface area contributed by atoms with Crippen LogP contribution in [0.4, 0.5) is 0 Å². The fourth-order valence-corrected chi connectivity index (χ4v) is 1.74. The van der Waals surface area contributed by atoms with Gasteiger partial charge >= 0.3 is 0 Å². The van der Waals surface area contributed by atoms with E-state index in [-0.39, 0.29) is 0 Å². The maximum Gasteiger partial charge on any atom is 0.286 e. The zero-order valence-corrected chi connectivity index (χ0v) is 10.3. The number of aldehydes is 1. The monoisotopic (exact) mass is 246 g/mol. The second-order valence-electron chi connectivity index (χ2n) is 4.16. The van der Waals surface area contributed by atoms with Crippen molar-refractivity contribution in [2.45, 2.75) is 13.3 Å². The Morgan fingerprint density at radius 1 is 1.50 bits per heavy atom. The lowest BCUT2D eigenvalue weighted by Gasteiger charge is -2.13. The summed E-state index contributed by atoms with van der Waals surface area (Å²) in [5.74, 6) is 0.127. The molecule has 94 valence electrons. The summed E-state index contributed by atoms with van der Waals surface area (Å²) >= 11 is 0. The lowest BCUT2D eigenvalue weighted by Crippen LogP contribution is -2.29. The van der Waals surface area contributed by atoms with Gasteiger partial charge in [-0.05, 0) is 24.1 Å². The van der Waals surface area contributed by atoms with E-state index < -0.39 is 5.91 Å². The average molecular weight is 246 g/mol. The number of amides is 1. The molecule has 0 atom stereocenters. The number of benzene rings is 1. The van der Waals surface area contributed by atoms with Crippen molar-refractivity contribution in [1.82, 2.24) is 9.88 Å². The van der Waals surface area contributed by atoms with Crippen LogP contribution < -0.4 is 0 Å². The first-order valence-electron chi connectivity index (χ1n) is 5.66. The molecule has 0 saturated carbocycles. The van der Waals surface area contributed by atoms with Gasteiger partial charge in [-0.25, -0.2) is 4.98 Å². The fraction of sp³-hybridized carbons (Fsp3) is 0.308. The molecule has 0 spiro atoms. The van der Waals surface area contributed by atoms with Crippen LogP contribution in [0.2, 0.25) is 0 Å². The van der Waals surface area contributed by atoms with Crippen LogP contribution in [0.5, 0.6) is 0 Å². The molecule has 0 unspecified atom stereocenters. The Morgan fingerprint density at radius 2 is 2.28 bits per heavy atom. The molecule has 5 nitrogen and oxygen atoms in total. The molecule has 1 heterocycles. The Balaban J connectivity index is 2.07. The lowest BCUT2D eigenvalue weighted by molar-refractivity contribution is -0.137. The molecule has 18 heavy (non-hydrogen) atoms. The van der Waals surface area contributed by atoms with E-state index in [1.165, 1.54) is 4.90 Å². The minimum atomic E-state index is -0.508. The molecule has 0 aliphatic carbocycles. The number of aromatic nitrogens is 1. The van der Waals surface area contributed by atoms with Gasteiger partial charge in [0.05, 0.1) is 0 Å². The highest BCUT2D eigenvalue weighted by atomic mass is 16.3. The number of rotatable bonds is 4. The summed E-state index contributed by atoms with van der Waals surface area (Å²) in [5, 5.41) is 0. The van der Waals surface area contributed by atoms with Gasteiger partial charge in [0.25, 0.3) is 5.91 Å². The Kier molecular flexibility index (Phi) is 3.41. The van der Waals surface area contributed by atoms with Crippen LogP contribution in [0.3, 0.4) is 0 Å². The fourth-order valence-electron chi connectivity index (χ4n) is 1.74. The largest absolute Gasteiger partial charge is 0.441 e. The van der Waals surface area contributed by atoms with E-state index in [2.05, 4.69) is 4.98 Å². The third kappa shape index (κ3) is 2.56. The van der Waals surface area contributed by atoms with Gasteiger partial charge < -0.3 is 9.32 Å². The second kappa shape index (κ2) is 5.00. The van der Waals surface area contributed by atoms with Crippen molar-refractivity contribution < 1.29 is 14.0 Å². The summed E-state index contributed by atoms with van der Waals surface area (Å²) < 4.78 is 5.44. The smallest absolute Gasteiger partial charge is 0.286 e. The van der Waals surface area contributed by atoms with Crippen molar-refractivity contribution in [1.29, 1.82) is 0 Å². The molecule has 1 amide bonds. The summed E-state index contributed by atoms with van der Waals surface area (Å²) in [6.07, 6.45) is 0.995. The normalized spacial score (nSPS) is 10.6. The van der Waals surface area contributed by atoms with Crippen molar-refractivity contribution in [2.24, 2.45) is 0 Å². The molecule has 0 N–H and O–H groups in total. The highest BCUT2D eigenvalue weighted by molar-refractivity contribution is 6.23. The van der Waals surface area contributed by atoms with E-state index in [0.717, 1.165) is 16.7 Å². The van der Waals surface area contributed by atoms with Crippen LogP contribution in [-0.4, -0.2) is 35.7 Å². The molecule has 0 aliphatic rings. The van der Waals surface area contributed by atoms with E-state index >= 15 is 0 Å². The first-order chi connectivity index (χ1) is 8.60. The molecule has 5 heteroatoms. The van der Waals surface area contributed by atoms with Gasteiger partial charge in [0.1, 0.15) is 5.52 Å². The molecule has 2 aromatic rings. The van der Waals surface area contributed by atoms with E-state index in [4.69, 9.17) is 4.42 Å². The molecule has 1 aromatic carbocycles. The number of nitrogens with zero attached hydrogens (tertiary/aromatic N) is 2. The van der Waals surface area contributed by atoms with Crippen LogP contribution in [0.15, 0.2) is 22.6 Å². The Bertz CT molecular complexity index is 589. The number of fused-ring (bicyclic) bond motifs is 1. The number of hydrogen-bond donors (Lipinski definition) is 0. The summed E-state index contributed by atoms with van der Waals surface area (Å²) in [5.41, 5.74) is 2.62. The van der Waals surface area contributed by atoms with Gasteiger partial charge in [0.2, 0.25) is 6.29 Å². The van der Waals surface area contributed by atoms with Crippen LogP contribution in [0.1, 0.15) is 11.5 Å². The summed E-state index contributed by atoms with van der Waals surface area (Å²) in [4.78, 5) is 27.0. The minimum absolute atomic E-state index is 0.322. The maximum absolute atomic E-state index is 11.1. The highest BCUT2D eigenvalue weighted by Gasteiger charge is 2.08. The van der Waals surface area contributed by atoms with Gasteiger partial charge in [0, 0.05) is 20.5 Å². The molecule has 0 radical (unpaired) electrons. The van der Waals surface area contributed by atoms with Gasteiger partial charge in [-0.2, -0.15) is 0 Å². The van der Waals surface area contributed by atoms with E-state index in [0.29, 0.717) is 25.1 Å². The Hall–Kier alpha value is -2.17. The molecular formula is C13H14N2O3. The lowest BCUT2D eigenvalue weighted by atomic mass is 10.1. The summed E-state index contributed by atoms with van der Waals surface area (Å²) in [6, 6.07) is 5.75. The van der Waals surface area contributed by atoms with Crippen LogP contribution in [0.25, 0.3) is 11.1 Å². The van der Waals surface area contributed by atoms with Crippen LogP contribution in [0, 0.1) is 6.92 Å². The third-order valence-electron chi connectivity index (χ3n) is 2.77. The predicted molar refractivity (Wildman–Crippen MR) is 66.2 cm³/mol. The average Bonchev–Trinajstić information content (AvgIpc) is 2.74.